The first kappa shape index (κ1) is 7.73. The van der Waals surface area contributed by atoms with Crippen molar-refractivity contribution in [2.75, 3.05) is 6.61 Å². The van der Waals surface area contributed by atoms with E-state index in [1.165, 1.54) is 6.08 Å². The fraction of sp³-hybridized carbons (Fsp3) is 0.167. The number of aliphatic hydroxyl groups excluding tert-OH is 1. The van der Waals surface area contributed by atoms with Crippen LogP contribution in [-0.2, 0) is 4.79 Å². The van der Waals surface area contributed by atoms with E-state index in [9.17, 15) is 4.79 Å². The SMILES string of the molecule is O=C(O)C=C=C=CCO. The molecule has 0 aliphatic carbocycles. The Balaban J connectivity index is 3.96. The van der Waals surface area contributed by atoms with Crippen LogP contribution in [0.15, 0.2) is 23.6 Å². The van der Waals surface area contributed by atoms with Gasteiger partial charge in [0, 0.05) is 0 Å². The van der Waals surface area contributed by atoms with Crippen LogP contribution < -0.4 is 0 Å². The number of carbonyl (C=O) groups is 1. The monoisotopic (exact) mass is 126 g/mol. The normalized spacial score (nSPS) is 6.78. The summed E-state index contributed by atoms with van der Waals surface area (Å²) in [6.07, 6.45) is 2.08. The summed E-state index contributed by atoms with van der Waals surface area (Å²) in [5.41, 5.74) is 4.50. The molecule has 0 rings (SSSR count). The van der Waals surface area contributed by atoms with E-state index in [0.717, 1.165) is 6.08 Å². The lowest BCUT2D eigenvalue weighted by atomic mass is 10.5. The Morgan fingerprint density at radius 1 is 1.56 bits per heavy atom. The second kappa shape index (κ2) is 4.88. The molecule has 0 atom stereocenters. The van der Waals surface area contributed by atoms with E-state index in [2.05, 4.69) is 11.5 Å². The minimum atomic E-state index is -1.08. The Morgan fingerprint density at radius 2 is 2.22 bits per heavy atom. The summed E-state index contributed by atoms with van der Waals surface area (Å²) in [4.78, 5) is 9.73. The molecule has 0 aromatic carbocycles. The molecule has 0 spiro atoms. The number of rotatable bonds is 2. The molecular weight excluding hydrogens is 120 g/mol. The third kappa shape index (κ3) is 6.73. The zero-order valence-corrected chi connectivity index (χ0v) is 4.66. The van der Waals surface area contributed by atoms with Crippen molar-refractivity contribution in [2.45, 2.75) is 0 Å². The lowest BCUT2D eigenvalue weighted by Gasteiger charge is -1.67. The molecule has 3 nitrogen and oxygen atoms in total. The van der Waals surface area contributed by atoms with Crippen molar-refractivity contribution < 1.29 is 15.0 Å². The molecule has 9 heavy (non-hydrogen) atoms. The molecule has 0 unspecified atom stereocenters. The van der Waals surface area contributed by atoms with Crippen LogP contribution in [0.3, 0.4) is 0 Å². The minimum Gasteiger partial charge on any atom is -0.478 e. The first-order valence-electron chi connectivity index (χ1n) is 2.27. The van der Waals surface area contributed by atoms with Crippen LogP contribution in [0.5, 0.6) is 0 Å². The first-order chi connectivity index (χ1) is 4.27. The predicted octanol–water partition coefficient (Wildman–Crippen LogP) is -0.0703. The Kier molecular flexibility index (Phi) is 4.19. The zero-order chi connectivity index (χ0) is 7.11. The van der Waals surface area contributed by atoms with Crippen LogP contribution >= 0.6 is 0 Å². The number of aliphatic hydroxyl groups is 1. The van der Waals surface area contributed by atoms with Gasteiger partial charge in [0.2, 0.25) is 0 Å². The summed E-state index contributed by atoms with van der Waals surface area (Å²) in [5, 5.41) is 16.1. The summed E-state index contributed by atoms with van der Waals surface area (Å²) in [7, 11) is 0. The van der Waals surface area contributed by atoms with E-state index >= 15 is 0 Å². The maximum atomic E-state index is 9.73. The Bertz CT molecular complexity index is 180. The smallest absolute Gasteiger partial charge is 0.336 e. The summed E-state index contributed by atoms with van der Waals surface area (Å²) >= 11 is 0. The molecule has 3 heteroatoms. The van der Waals surface area contributed by atoms with Crippen molar-refractivity contribution in [3.8, 4) is 0 Å². The molecule has 0 heterocycles. The highest BCUT2D eigenvalue weighted by molar-refractivity contribution is 5.79. The minimum absolute atomic E-state index is 0.152. The third-order valence-electron chi connectivity index (χ3n) is 0.472. The van der Waals surface area contributed by atoms with Crippen molar-refractivity contribution in [2.24, 2.45) is 0 Å². The highest BCUT2D eigenvalue weighted by atomic mass is 16.4. The number of hydrogen-bond donors (Lipinski definition) is 2. The fourth-order valence-corrected chi connectivity index (χ4v) is 0.208. The molecule has 0 amide bonds. The van der Waals surface area contributed by atoms with Gasteiger partial charge < -0.3 is 10.2 Å². The second-order valence-electron chi connectivity index (χ2n) is 1.16. The summed E-state index contributed by atoms with van der Waals surface area (Å²) in [6, 6.07) is 0. The van der Waals surface area contributed by atoms with E-state index in [0.29, 0.717) is 0 Å². The summed E-state index contributed by atoms with van der Waals surface area (Å²) in [5.74, 6) is -1.08. The van der Waals surface area contributed by atoms with Gasteiger partial charge in [-0.25, -0.2) is 4.79 Å². The fourth-order valence-electron chi connectivity index (χ4n) is 0.208. The number of carboxylic acid groups (broad SMARTS) is 1. The molecule has 0 aromatic rings. The third-order valence-corrected chi connectivity index (χ3v) is 0.472. The number of hydrogen-bond acceptors (Lipinski definition) is 2. The van der Waals surface area contributed by atoms with Crippen LogP contribution in [0.1, 0.15) is 0 Å². The largest absolute Gasteiger partial charge is 0.478 e. The maximum absolute atomic E-state index is 9.73. The highest BCUT2D eigenvalue weighted by Gasteiger charge is 1.77. The topological polar surface area (TPSA) is 57.5 Å². The predicted molar refractivity (Wildman–Crippen MR) is 30.9 cm³/mol. The molecular formula is C6H6O3. The van der Waals surface area contributed by atoms with Crippen LogP contribution in [0, 0.1) is 0 Å². The molecule has 0 radical (unpaired) electrons. The van der Waals surface area contributed by atoms with Gasteiger partial charge in [0.25, 0.3) is 0 Å². The van der Waals surface area contributed by atoms with Crippen LogP contribution in [-0.4, -0.2) is 22.8 Å². The van der Waals surface area contributed by atoms with Crippen LogP contribution in [0.25, 0.3) is 0 Å². The van der Waals surface area contributed by atoms with Gasteiger partial charge in [0.1, 0.15) is 0 Å². The first-order valence-corrected chi connectivity index (χ1v) is 2.27. The highest BCUT2D eigenvalue weighted by Crippen LogP contribution is 1.64. The van der Waals surface area contributed by atoms with Gasteiger partial charge in [-0.05, 0) is 6.08 Å². The lowest BCUT2D eigenvalue weighted by Crippen LogP contribution is -1.82. The van der Waals surface area contributed by atoms with Crippen molar-refractivity contribution in [1.82, 2.24) is 0 Å². The Labute approximate surface area is 52.2 Å². The number of aliphatic carboxylic acids is 1. The van der Waals surface area contributed by atoms with Crippen molar-refractivity contribution in [1.29, 1.82) is 0 Å². The molecule has 0 saturated heterocycles. The zero-order valence-electron chi connectivity index (χ0n) is 4.66. The van der Waals surface area contributed by atoms with E-state index in [1.54, 1.807) is 0 Å². The van der Waals surface area contributed by atoms with Gasteiger partial charge in [0.15, 0.2) is 0 Å². The van der Waals surface area contributed by atoms with E-state index < -0.39 is 5.97 Å². The molecule has 0 aliphatic heterocycles. The summed E-state index contributed by atoms with van der Waals surface area (Å²) < 4.78 is 0. The molecule has 2 N–H and O–H groups in total. The average Bonchev–Trinajstić information content (AvgIpc) is 1.80. The second-order valence-corrected chi connectivity index (χ2v) is 1.16. The molecule has 0 bridgehead atoms. The molecule has 48 valence electrons. The standard InChI is InChI=1S/C6H6O3/c7-5-3-1-2-4-6(8)9/h3-4,7H,5H2,(H,8,9). The average molecular weight is 126 g/mol. The van der Waals surface area contributed by atoms with Gasteiger partial charge in [-0.15, -0.1) is 0 Å². The van der Waals surface area contributed by atoms with Crippen LogP contribution in [0.4, 0.5) is 0 Å². The van der Waals surface area contributed by atoms with Gasteiger partial charge in [-0.3, -0.25) is 0 Å². The Hall–Kier alpha value is -1.27. The van der Waals surface area contributed by atoms with E-state index in [4.69, 9.17) is 10.2 Å². The van der Waals surface area contributed by atoms with Crippen LogP contribution in [0.2, 0.25) is 0 Å². The van der Waals surface area contributed by atoms with Crippen molar-refractivity contribution in [3.05, 3.63) is 23.6 Å². The molecule has 0 saturated carbocycles. The molecule has 0 aromatic heterocycles. The van der Waals surface area contributed by atoms with Gasteiger partial charge >= 0.3 is 5.97 Å². The van der Waals surface area contributed by atoms with Gasteiger partial charge in [0.05, 0.1) is 12.7 Å². The number of carboxylic acids is 1. The maximum Gasteiger partial charge on any atom is 0.336 e. The van der Waals surface area contributed by atoms with Crippen molar-refractivity contribution in [3.63, 3.8) is 0 Å². The molecule has 0 aliphatic rings. The van der Waals surface area contributed by atoms with Gasteiger partial charge in [-0.1, -0.05) is 11.5 Å². The van der Waals surface area contributed by atoms with E-state index in [-0.39, 0.29) is 6.61 Å². The van der Waals surface area contributed by atoms with Gasteiger partial charge in [-0.2, -0.15) is 0 Å². The summed E-state index contributed by atoms with van der Waals surface area (Å²) in [6.45, 7) is -0.152. The lowest BCUT2D eigenvalue weighted by molar-refractivity contribution is -0.131. The quantitative estimate of drug-likeness (QED) is 0.402. The van der Waals surface area contributed by atoms with Crippen molar-refractivity contribution >= 4 is 5.97 Å². The Morgan fingerprint density at radius 3 is 2.67 bits per heavy atom. The molecule has 0 fully saturated rings. The van der Waals surface area contributed by atoms with E-state index in [1.807, 2.05) is 0 Å².